The van der Waals surface area contributed by atoms with Crippen LogP contribution in [0.4, 0.5) is 5.82 Å². The molecular formula is C21H21N5O6. The molecule has 3 aromatic rings. The maximum absolute atomic E-state index is 12.8. The van der Waals surface area contributed by atoms with E-state index in [1.54, 1.807) is 31.2 Å². The maximum atomic E-state index is 12.8. The summed E-state index contributed by atoms with van der Waals surface area (Å²) in [5.41, 5.74) is 4.23. The summed E-state index contributed by atoms with van der Waals surface area (Å²) in [4.78, 5) is 61.8. The second-order valence-electron chi connectivity index (χ2n) is 6.84. The highest BCUT2D eigenvalue weighted by Gasteiger charge is 2.24. The van der Waals surface area contributed by atoms with Gasteiger partial charge in [-0.15, -0.1) is 0 Å². The summed E-state index contributed by atoms with van der Waals surface area (Å²) in [6.07, 6.45) is 0. The number of carbonyl (C=O) groups is 2. The van der Waals surface area contributed by atoms with Gasteiger partial charge in [0.25, 0.3) is 11.1 Å². The van der Waals surface area contributed by atoms with E-state index in [9.17, 15) is 24.0 Å². The number of Topliss-reactive ketones (excluding diaryl/α,β-unsaturated/α-hetero) is 1. The van der Waals surface area contributed by atoms with Crippen molar-refractivity contribution < 1.29 is 14.3 Å². The lowest BCUT2D eigenvalue weighted by Crippen LogP contribution is -2.44. The van der Waals surface area contributed by atoms with Crippen molar-refractivity contribution in [3.8, 4) is 0 Å². The molecular weight excluding hydrogens is 418 g/mol. The van der Waals surface area contributed by atoms with Crippen molar-refractivity contribution in [3.05, 3.63) is 90.5 Å². The highest BCUT2D eigenvalue weighted by atomic mass is 16.5. The number of nitrogen functional groups attached to an aromatic ring is 1. The molecule has 0 unspecified atom stereocenters. The Balaban J connectivity index is 1.92. The Hall–Kier alpha value is -4.28. The second kappa shape index (κ2) is 9.25. The number of hydrogen-bond donors (Lipinski definition) is 1. The number of nitrogens with zero attached hydrogens (tertiary/aromatic N) is 4. The van der Waals surface area contributed by atoms with Crippen molar-refractivity contribution in [1.82, 2.24) is 18.9 Å². The van der Waals surface area contributed by atoms with E-state index >= 15 is 0 Å². The number of nitrogens with two attached hydrogens (primary N) is 1. The summed E-state index contributed by atoms with van der Waals surface area (Å²) >= 11 is 0. The van der Waals surface area contributed by atoms with Crippen LogP contribution >= 0.6 is 0 Å². The molecule has 0 radical (unpaired) electrons. The van der Waals surface area contributed by atoms with E-state index in [1.807, 2.05) is 6.07 Å². The van der Waals surface area contributed by atoms with Crippen molar-refractivity contribution in [2.45, 2.75) is 20.0 Å². The van der Waals surface area contributed by atoms with Gasteiger partial charge in [-0.1, -0.05) is 30.3 Å². The molecule has 0 saturated carbocycles. The van der Waals surface area contributed by atoms with Gasteiger partial charge in [0.2, 0.25) is 5.78 Å². The Bertz CT molecular complexity index is 1350. The first-order chi connectivity index (χ1) is 15.2. The average molecular weight is 439 g/mol. The van der Waals surface area contributed by atoms with Gasteiger partial charge in [-0.2, -0.15) is 5.10 Å². The number of aryl methyl sites for hydroxylation is 1. The van der Waals surface area contributed by atoms with Gasteiger partial charge in [-0.05, 0) is 18.6 Å². The molecule has 166 valence electrons. The lowest BCUT2D eigenvalue weighted by Gasteiger charge is -2.15. The van der Waals surface area contributed by atoms with Crippen LogP contribution in [0, 0.1) is 0 Å². The lowest BCUT2D eigenvalue weighted by atomic mass is 10.2. The molecule has 11 heteroatoms. The van der Waals surface area contributed by atoms with E-state index in [0.29, 0.717) is 0 Å². The van der Waals surface area contributed by atoms with Gasteiger partial charge in [0.15, 0.2) is 12.3 Å². The monoisotopic (exact) mass is 439 g/mol. The molecule has 11 nitrogen and oxygen atoms in total. The summed E-state index contributed by atoms with van der Waals surface area (Å²) in [5.74, 6) is -2.13. The first-order valence-corrected chi connectivity index (χ1v) is 9.66. The third kappa shape index (κ3) is 4.41. The lowest BCUT2D eigenvalue weighted by molar-refractivity contribution is 0.0466. The summed E-state index contributed by atoms with van der Waals surface area (Å²) in [5, 5.41) is 3.74. The van der Waals surface area contributed by atoms with Gasteiger partial charge < -0.3 is 10.5 Å². The number of rotatable bonds is 7. The van der Waals surface area contributed by atoms with Crippen molar-refractivity contribution >= 4 is 17.6 Å². The first kappa shape index (κ1) is 22.4. The smallest absolute Gasteiger partial charge is 0.359 e. The molecule has 0 atom stereocenters. The number of benzene rings is 1. The zero-order valence-corrected chi connectivity index (χ0v) is 17.5. The molecule has 0 aliphatic rings. The molecule has 2 heterocycles. The van der Waals surface area contributed by atoms with Crippen LogP contribution in [0.15, 0.2) is 56.8 Å². The van der Waals surface area contributed by atoms with E-state index in [4.69, 9.17) is 10.5 Å². The van der Waals surface area contributed by atoms with E-state index in [2.05, 4.69) is 5.10 Å². The Morgan fingerprint density at radius 2 is 1.72 bits per heavy atom. The van der Waals surface area contributed by atoms with Crippen molar-refractivity contribution in [1.29, 1.82) is 0 Å². The van der Waals surface area contributed by atoms with Crippen molar-refractivity contribution in [2.75, 3.05) is 12.3 Å². The SMILES string of the molecule is CCn1c(=O)c(C(=O)COC(=O)c2ccc(=O)n(C)n2)c(N)n(Cc2ccccc2)c1=O. The number of carbonyl (C=O) groups excluding carboxylic acids is 2. The molecule has 0 fully saturated rings. The normalized spacial score (nSPS) is 10.7. The van der Waals surface area contributed by atoms with E-state index in [1.165, 1.54) is 7.05 Å². The Morgan fingerprint density at radius 3 is 2.34 bits per heavy atom. The van der Waals surface area contributed by atoms with Gasteiger partial charge in [-0.3, -0.25) is 23.5 Å². The molecule has 0 amide bonds. The summed E-state index contributed by atoms with van der Waals surface area (Å²) in [6, 6.07) is 11.2. The van der Waals surface area contributed by atoms with Gasteiger partial charge in [0.1, 0.15) is 11.4 Å². The number of aromatic nitrogens is 4. The van der Waals surface area contributed by atoms with E-state index in [-0.39, 0.29) is 24.6 Å². The van der Waals surface area contributed by atoms with Crippen molar-refractivity contribution in [2.24, 2.45) is 7.05 Å². The minimum Gasteiger partial charge on any atom is -0.453 e. The third-order valence-electron chi connectivity index (χ3n) is 4.75. The largest absolute Gasteiger partial charge is 0.453 e. The van der Waals surface area contributed by atoms with Gasteiger partial charge in [-0.25, -0.2) is 14.3 Å². The van der Waals surface area contributed by atoms with E-state index < -0.39 is 40.7 Å². The van der Waals surface area contributed by atoms with Crippen LogP contribution in [-0.4, -0.2) is 37.3 Å². The standard InChI is InChI=1S/C21H21N5O6/c1-3-25-19(29)17(18(22)26(21(25)31)11-13-7-5-4-6-8-13)15(27)12-32-20(30)14-9-10-16(28)24(2)23-14/h4-10H,3,11-12,22H2,1-2H3. The second-order valence-corrected chi connectivity index (χ2v) is 6.84. The summed E-state index contributed by atoms with van der Waals surface area (Å²) in [6.45, 7) is 0.865. The quantitative estimate of drug-likeness (QED) is 0.393. The number of esters is 1. The van der Waals surface area contributed by atoms with Gasteiger partial charge in [0.05, 0.1) is 6.54 Å². The Labute approximate surface area is 181 Å². The van der Waals surface area contributed by atoms with Crippen LogP contribution in [0.1, 0.15) is 33.3 Å². The number of anilines is 1. The van der Waals surface area contributed by atoms with Crippen LogP contribution in [0.2, 0.25) is 0 Å². The summed E-state index contributed by atoms with van der Waals surface area (Å²) in [7, 11) is 1.36. The fourth-order valence-corrected chi connectivity index (χ4v) is 3.06. The summed E-state index contributed by atoms with van der Waals surface area (Å²) < 4.78 is 7.91. The molecule has 2 aromatic heterocycles. The average Bonchev–Trinajstić information content (AvgIpc) is 2.78. The van der Waals surface area contributed by atoms with Crippen LogP contribution in [0.25, 0.3) is 0 Å². The van der Waals surface area contributed by atoms with Gasteiger partial charge in [0, 0.05) is 19.7 Å². The van der Waals surface area contributed by atoms with Crippen LogP contribution in [0.3, 0.4) is 0 Å². The highest BCUT2D eigenvalue weighted by molar-refractivity contribution is 6.02. The third-order valence-corrected chi connectivity index (χ3v) is 4.75. The van der Waals surface area contributed by atoms with E-state index in [0.717, 1.165) is 31.5 Å². The molecule has 32 heavy (non-hydrogen) atoms. The zero-order chi connectivity index (χ0) is 23.4. The molecule has 0 spiro atoms. The molecule has 3 rings (SSSR count). The van der Waals surface area contributed by atoms with Crippen LogP contribution < -0.4 is 22.5 Å². The first-order valence-electron chi connectivity index (χ1n) is 9.66. The molecule has 1 aromatic carbocycles. The Kier molecular flexibility index (Phi) is 6.47. The molecule has 2 N–H and O–H groups in total. The molecule has 0 saturated heterocycles. The molecule has 0 bridgehead atoms. The zero-order valence-electron chi connectivity index (χ0n) is 17.5. The topological polar surface area (TPSA) is 148 Å². The molecule has 0 aliphatic carbocycles. The fourth-order valence-electron chi connectivity index (χ4n) is 3.06. The minimum atomic E-state index is -0.957. The van der Waals surface area contributed by atoms with Gasteiger partial charge >= 0.3 is 11.7 Å². The van der Waals surface area contributed by atoms with Crippen LogP contribution in [0.5, 0.6) is 0 Å². The number of ketones is 1. The predicted molar refractivity (Wildman–Crippen MR) is 115 cm³/mol. The van der Waals surface area contributed by atoms with Crippen molar-refractivity contribution in [3.63, 3.8) is 0 Å². The minimum absolute atomic E-state index is 0.0226. The fraction of sp³-hybridized carbons (Fsp3) is 0.238. The number of hydrogen-bond acceptors (Lipinski definition) is 8. The van der Waals surface area contributed by atoms with Crippen LogP contribution in [-0.2, 0) is 24.9 Å². The molecule has 0 aliphatic heterocycles. The predicted octanol–water partition coefficient (Wildman–Crippen LogP) is -0.206. The Morgan fingerprint density at radius 1 is 1.03 bits per heavy atom. The number of ether oxygens (including phenoxy) is 1. The maximum Gasteiger partial charge on any atom is 0.359 e. The highest BCUT2D eigenvalue weighted by Crippen LogP contribution is 2.10.